The lowest BCUT2D eigenvalue weighted by molar-refractivity contribution is 0.122. The molecule has 4 aromatic heterocycles. The van der Waals surface area contributed by atoms with E-state index < -0.39 is 0 Å². The fourth-order valence-corrected chi connectivity index (χ4v) is 4.17. The number of hydrogen-bond acceptors (Lipinski definition) is 6. The lowest BCUT2D eigenvalue weighted by Gasteiger charge is -2.29. The summed E-state index contributed by atoms with van der Waals surface area (Å²) in [5.74, 6) is 1.73. The van der Waals surface area contributed by atoms with Crippen molar-refractivity contribution in [2.75, 3.05) is 31.2 Å². The Bertz CT molecular complexity index is 1420. The van der Waals surface area contributed by atoms with E-state index in [4.69, 9.17) is 14.8 Å². The molecule has 33 heavy (non-hydrogen) atoms. The molecule has 8 heteroatoms. The van der Waals surface area contributed by atoms with Crippen LogP contribution in [0.15, 0.2) is 73.3 Å². The summed E-state index contributed by atoms with van der Waals surface area (Å²) in [5, 5.41) is 9.49. The van der Waals surface area contributed by atoms with E-state index in [0.29, 0.717) is 13.2 Å². The molecule has 164 valence electrons. The number of pyridine rings is 1. The molecule has 0 aliphatic carbocycles. The molecule has 5 aromatic rings. The van der Waals surface area contributed by atoms with Crippen LogP contribution in [0.1, 0.15) is 5.56 Å². The van der Waals surface area contributed by atoms with E-state index in [9.17, 15) is 0 Å². The van der Waals surface area contributed by atoms with Gasteiger partial charge in [-0.15, -0.1) is 0 Å². The van der Waals surface area contributed by atoms with Crippen molar-refractivity contribution in [3.8, 4) is 28.2 Å². The molecule has 1 aromatic carbocycles. The van der Waals surface area contributed by atoms with Gasteiger partial charge < -0.3 is 9.64 Å². The highest BCUT2D eigenvalue weighted by molar-refractivity contribution is 5.67. The van der Waals surface area contributed by atoms with Crippen LogP contribution in [0, 0.1) is 6.92 Å². The first-order chi connectivity index (χ1) is 16.2. The molecule has 0 radical (unpaired) electrons. The standard InChI is InChI=1S/C25H23N7O/c1-18-3-2-4-20(13-18)21-16-27-31(17-21)23-15-25(30-9-11-33-12-10-30)32-24(28-23)14-22(29-32)19-5-7-26-8-6-19/h2-8,13-17H,9-12H2,1H3. The van der Waals surface area contributed by atoms with Crippen molar-refractivity contribution < 1.29 is 4.74 Å². The van der Waals surface area contributed by atoms with Crippen LogP contribution < -0.4 is 4.90 Å². The molecular weight excluding hydrogens is 414 g/mol. The summed E-state index contributed by atoms with van der Waals surface area (Å²) >= 11 is 0. The van der Waals surface area contributed by atoms with Gasteiger partial charge >= 0.3 is 0 Å². The maximum absolute atomic E-state index is 5.57. The van der Waals surface area contributed by atoms with Crippen molar-refractivity contribution in [1.82, 2.24) is 29.4 Å². The van der Waals surface area contributed by atoms with Crippen LogP contribution in [0.4, 0.5) is 5.82 Å². The Hall–Kier alpha value is -4.04. The normalized spacial score (nSPS) is 14.2. The first kappa shape index (κ1) is 19.6. The first-order valence-electron chi connectivity index (χ1n) is 11.0. The number of hydrogen-bond donors (Lipinski definition) is 0. The van der Waals surface area contributed by atoms with Gasteiger partial charge in [0.15, 0.2) is 11.5 Å². The summed E-state index contributed by atoms with van der Waals surface area (Å²) in [5.41, 5.74) is 6.05. The Kier molecular flexibility index (Phi) is 4.84. The lowest BCUT2D eigenvalue weighted by Crippen LogP contribution is -2.37. The van der Waals surface area contributed by atoms with Gasteiger partial charge in [-0.05, 0) is 24.6 Å². The van der Waals surface area contributed by atoms with Gasteiger partial charge in [-0.2, -0.15) is 14.7 Å². The number of ether oxygens (including phenoxy) is 1. The van der Waals surface area contributed by atoms with Crippen molar-refractivity contribution in [1.29, 1.82) is 0 Å². The predicted molar refractivity (Wildman–Crippen MR) is 127 cm³/mol. The van der Waals surface area contributed by atoms with Gasteiger partial charge in [0.05, 0.1) is 25.1 Å². The Labute approximate surface area is 191 Å². The van der Waals surface area contributed by atoms with Crippen molar-refractivity contribution in [3.63, 3.8) is 0 Å². The zero-order valence-corrected chi connectivity index (χ0v) is 18.3. The number of anilines is 1. The summed E-state index contributed by atoms with van der Waals surface area (Å²) in [4.78, 5) is 11.3. The molecule has 0 bridgehead atoms. The van der Waals surface area contributed by atoms with Crippen molar-refractivity contribution in [2.45, 2.75) is 6.92 Å². The molecule has 0 amide bonds. The van der Waals surface area contributed by atoms with Gasteiger partial charge in [0.2, 0.25) is 0 Å². The van der Waals surface area contributed by atoms with Gasteiger partial charge in [0.25, 0.3) is 0 Å². The maximum Gasteiger partial charge on any atom is 0.160 e. The van der Waals surface area contributed by atoms with E-state index in [1.54, 1.807) is 12.4 Å². The van der Waals surface area contributed by atoms with Crippen LogP contribution in [0.2, 0.25) is 0 Å². The zero-order valence-electron chi connectivity index (χ0n) is 18.3. The predicted octanol–water partition coefficient (Wildman–Crippen LogP) is 3.79. The molecule has 0 unspecified atom stereocenters. The van der Waals surface area contributed by atoms with Gasteiger partial charge in [-0.1, -0.05) is 29.8 Å². The van der Waals surface area contributed by atoms with Crippen LogP contribution in [0.5, 0.6) is 0 Å². The summed E-state index contributed by atoms with van der Waals surface area (Å²) in [6, 6.07) is 16.4. The van der Waals surface area contributed by atoms with Crippen LogP contribution in [0.25, 0.3) is 33.8 Å². The minimum Gasteiger partial charge on any atom is -0.378 e. The molecule has 1 saturated heterocycles. The third kappa shape index (κ3) is 3.74. The molecule has 0 saturated carbocycles. The van der Waals surface area contributed by atoms with Gasteiger partial charge in [0.1, 0.15) is 5.82 Å². The summed E-state index contributed by atoms with van der Waals surface area (Å²) < 4.78 is 9.32. The average molecular weight is 438 g/mol. The van der Waals surface area contributed by atoms with Crippen LogP contribution in [-0.4, -0.2) is 55.7 Å². The van der Waals surface area contributed by atoms with E-state index in [2.05, 4.69) is 52.2 Å². The highest BCUT2D eigenvalue weighted by Crippen LogP contribution is 2.26. The fraction of sp³-hybridized carbons (Fsp3) is 0.200. The number of nitrogens with zero attached hydrogens (tertiary/aromatic N) is 7. The maximum atomic E-state index is 5.57. The summed E-state index contributed by atoms with van der Waals surface area (Å²) in [6.07, 6.45) is 7.46. The fourth-order valence-electron chi connectivity index (χ4n) is 4.17. The van der Waals surface area contributed by atoms with Crippen molar-refractivity contribution in [2.24, 2.45) is 0 Å². The second kappa shape index (κ2) is 8.14. The first-order valence-corrected chi connectivity index (χ1v) is 11.0. The zero-order chi connectivity index (χ0) is 22.2. The number of fused-ring (bicyclic) bond motifs is 1. The minimum atomic E-state index is 0.691. The molecule has 6 rings (SSSR count). The molecule has 5 heterocycles. The number of aromatic nitrogens is 6. The van der Waals surface area contributed by atoms with Gasteiger partial charge in [0, 0.05) is 54.9 Å². The van der Waals surface area contributed by atoms with E-state index in [0.717, 1.165) is 52.8 Å². The highest BCUT2D eigenvalue weighted by atomic mass is 16.5. The quantitative estimate of drug-likeness (QED) is 0.426. The number of aryl methyl sites for hydroxylation is 1. The SMILES string of the molecule is Cc1cccc(-c2cnn(-c3cc(N4CCOCC4)n4nc(-c5ccncc5)cc4n3)c2)c1. The number of rotatable bonds is 4. The molecule has 8 nitrogen and oxygen atoms in total. The third-order valence-corrected chi connectivity index (χ3v) is 5.87. The molecule has 1 fully saturated rings. The molecule has 1 aliphatic rings. The highest BCUT2D eigenvalue weighted by Gasteiger charge is 2.19. The Morgan fingerprint density at radius 2 is 1.76 bits per heavy atom. The van der Waals surface area contributed by atoms with Crippen LogP contribution >= 0.6 is 0 Å². The van der Waals surface area contributed by atoms with Crippen molar-refractivity contribution >= 4 is 11.5 Å². The largest absolute Gasteiger partial charge is 0.378 e. The topological polar surface area (TPSA) is 73.4 Å². The monoisotopic (exact) mass is 437 g/mol. The smallest absolute Gasteiger partial charge is 0.160 e. The Morgan fingerprint density at radius 3 is 2.58 bits per heavy atom. The second-order valence-corrected chi connectivity index (χ2v) is 8.15. The molecule has 0 atom stereocenters. The molecule has 0 spiro atoms. The second-order valence-electron chi connectivity index (χ2n) is 8.15. The van der Waals surface area contributed by atoms with E-state index in [-0.39, 0.29) is 0 Å². The summed E-state index contributed by atoms with van der Waals surface area (Å²) in [7, 11) is 0. The average Bonchev–Trinajstić information content (AvgIpc) is 3.52. The van der Waals surface area contributed by atoms with E-state index >= 15 is 0 Å². The third-order valence-electron chi connectivity index (χ3n) is 5.87. The van der Waals surface area contributed by atoms with Gasteiger partial charge in [-0.3, -0.25) is 4.98 Å². The number of benzene rings is 1. The van der Waals surface area contributed by atoms with Crippen LogP contribution in [0.3, 0.4) is 0 Å². The van der Waals surface area contributed by atoms with Crippen LogP contribution in [-0.2, 0) is 4.74 Å². The lowest BCUT2D eigenvalue weighted by atomic mass is 10.1. The molecule has 1 aliphatic heterocycles. The number of morpholine rings is 1. The Balaban J connectivity index is 1.47. The minimum absolute atomic E-state index is 0.691. The van der Waals surface area contributed by atoms with E-state index in [1.807, 2.05) is 39.8 Å². The molecule has 0 N–H and O–H groups in total. The van der Waals surface area contributed by atoms with Gasteiger partial charge in [-0.25, -0.2) is 9.67 Å². The van der Waals surface area contributed by atoms with E-state index in [1.165, 1.54) is 5.56 Å². The van der Waals surface area contributed by atoms with Crippen molar-refractivity contribution in [3.05, 3.63) is 78.9 Å². The Morgan fingerprint density at radius 1 is 0.909 bits per heavy atom. The molecular formula is C25H23N7O. The summed E-state index contributed by atoms with van der Waals surface area (Å²) in [6.45, 7) is 5.08.